The normalized spacial score (nSPS) is 15.1. The molecule has 0 saturated heterocycles. The average molecular weight is 313 g/mol. The third kappa shape index (κ3) is 3.75. The quantitative estimate of drug-likeness (QED) is 0.800. The first-order valence-corrected chi connectivity index (χ1v) is 7.87. The lowest BCUT2D eigenvalue weighted by Gasteiger charge is -2.19. The maximum Gasteiger partial charge on any atom is 0.135 e. The lowest BCUT2D eigenvalue weighted by atomic mass is 10.0. The Hall–Kier alpha value is -2.12. The van der Waals surface area contributed by atoms with Gasteiger partial charge in [-0.05, 0) is 24.8 Å². The van der Waals surface area contributed by atoms with Gasteiger partial charge in [0.1, 0.15) is 16.8 Å². The van der Waals surface area contributed by atoms with Gasteiger partial charge in [0, 0.05) is 18.4 Å². The minimum atomic E-state index is 0.0406. The van der Waals surface area contributed by atoms with Crippen LogP contribution < -0.4 is 5.32 Å². The zero-order valence-electron chi connectivity index (χ0n) is 12.2. The Morgan fingerprint density at radius 1 is 1.27 bits per heavy atom. The monoisotopic (exact) mass is 312 g/mol. The fourth-order valence-corrected chi connectivity index (χ4v) is 2.62. The first-order chi connectivity index (χ1) is 10.8. The molecule has 1 saturated carbocycles. The molecule has 0 aliphatic heterocycles. The third-order valence-electron chi connectivity index (χ3n) is 3.72. The van der Waals surface area contributed by atoms with E-state index in [1.807, 2.05) is 18.2 Å². The SMILES string of the molecule is N#CCCC(Nc1cc(Cl)nc(C2CC2)n1)c1ccccc1. The van der Waals surface area contributed by atoms with E-state index in [-0.39, 0.29) is 6.04 Å². The van der Waals surface area contributed by atoms with Gasteiger partial charge in [-0.2, -0.15) is 5.26 Å². The van der Waals surface area contributed by atoms with Crippen LogP contribution in [0.15, 0.2) is 36.4 Å². The van der Waals surface area contributed by atoms with Crippen LogP contribution in [-0.2, 0) is 0 Å². The highest BCUT2D eigenvalue weighted by molar-refractivity contribution is 6.29. The summed E-state index contributed by atoms with van der Waals surface area (Å²) in [7, 11) is 0. The molecule has 1 aliphatic carbocycles. The molecule has 1 unspecified atom stereocenters. The number of hydrogen-bond acceptors (Lipinski definition) is 4. The predicted molar refractivity (Wildman–Crippen MR) is 86.7 cm³/mol. The minimum Gasteiger partial charge on any atom is -0.363 e. The van der Waals surface area contributed by atoms with E-state index in [1.165, 1.54) is 0 Å². The number of nitriles is 1. The number of benzene rings is 1. The maximum atomic E-state index is 8.87. The fraction of sp³-hybridized carbons (Fsp3) is 0.353. The number of halogens is 1. The Morgan fingerprint density at radius 2 is 2.05 bits per heavy atom. The molecule has 112 valence electrons. The standard InChI is InChI=1S/C17H17ClN4/c18-15-11-16(22-17(21-15)13-8-9-13)20-14(7-4-10-19)12-5-2-1-3-6-12/h1-3,5-6,11,13-14H,4,7-9H2,(H,20,21,22). The molecule has 1 aliphatic rings. The van der Waals surface area contributed by atoms with Crippen molar-refractivity contribution in [3.63, 3.8) is 0 Å². The Kier molecular flexibility index (Phi) is 4.55. The van der Waals surface area contributed by atoms with Crippen molar-refractivity contribution < 1.29 is 0 Å². The van der Waals surface area contributed by atoms with E-state index in [9.17, 15) is 0 Å². The van der Waals surface area contributed by atoms with Crippen molar-refractivity contribution in [2.45, 2.75) is 37.6 Å². The van der Waals surface area contributed by atoms with Gasteiger partial charge in [0.25, 0.3) is 0 Å². The van der Waals surface area contributed by atoms with Gasteiger partial charge < -0.3 is 5.32 Å². The van der Waals surface area contributed by atoms with Gasteiger partial charge in [-0.25, -0.2) is 9.97 Å². The Labute approximate surface area is 135 Å². The molecule has 1 aromatic heterocycles. The first-order valence-electron chi connectivity index (χ1n) is 7.49. The molecular weight excluding hydrogens is 296 g/mol. The summed E-state index contributed by atoms with van der Waals surface area (Å²) in [6, 6.07) is 14.1. The van der Waals surface area contributed by atoms with Crippen molar-refractivity contribution >= 4 is 17.4 Å². The number of anilines is 1. The summed E-state index contributed by atoms with van der Waals surface area (Å²) in [5.74, 6) is 2.00. The number of hydrogen-bond donors (Lipinski definition) is 1. The van der Waals surface area contributed by atoms with E-state index in [2.05, 4.69) is 33.5 Å². The number of aromatic nitrogens is 2. The molecule has 1 heterocycles. The van der Waals surface area contributed by atoms with Crippen LogP contribution in [0.1, 0.15) is 49.0 Å². The zero-order valence-corrected chi connectivity index (χ0v) is 12.9. The molecule has 1 N–H and O–H groups in total. The van der Waals surface area contributed by atoms with Crippen LogP contribution in [0.3, 0.4) is 0 Å². The molecule has 0 spiro atoms. The Morgan fingerprint density at radius 3 is 2.73 bits per heavy atom. The second-order valence-corrected chi connectivity index (χ2v) is 5.90. The van der Waals surface area contributed by atoms with Crippen molar-refractivity contribution in [3.8, 4) is 6.07 Å². The first kappa shape index (κ1) is 14.8. The summed E-state index contributed by atoms with van der Waals surface area (Å²) in [5, 5.41) is 12.7. The summed E-state index contributed by atoms with van der Waals surface area (Å²) >= 11 is 6.11. The van der Waals surface area contributed by atoms with Crippen LogP contribution in [0.5, 0.6) is 0 Å². The molecule has 3 rings (SSSR count). The summed E-state index contributed by atoms with van der Waals surface area (Å²) in [6.45, 7) is 0. The van der Waals surface area contributed by atoms with Crippen LogP contribution in [0.4, 0.5) is 5.82 Å². The molecule has 0 radical (unpaired) electrons. The van der Waals surface area contributed by atoms with E-state index >= 15 is 0 Å². The Bertz CT molecular complexity index is 677. The molecule has 4 nitrogen and oxygen atoms in total. The number of nitrogens with one attached hydrogen (secondary N) is 1. The van der Waals surface area contributed by atoms with Gasteiger partial charge in [0.2, 0.25) is 0 Å². The van der Waals surface area contributed by atoms with Gasteiger partial charge >= 0.3 is 0 Å². The molecular formula is C17H17ClN4. The van der Waals surface area contributed by atoms with Crippen LogP contribution in [0.25, 0.3) is 0 Å². The highest BCUT2D eigenvalue weighted by Crippen LogP contribution is 2.39. The van der Waals surface area contributed by atoms with E-state index in [0.29, 0.717) is 17.5 Å². The van der Waals surface area contributed by atoms with Crippen LogP contribution in [0.2, 0.25) is 5.15 Å². The largest absolute Gasteiger partial charge is 0.363 e. The third-order valence-corrected chi connectivity index (χ3v) is 3.92. The van der Waals surface area contributed by atoms with Crippen molar-refractivity contribution in [1.82, 2.24) is 9.97 Å². The topological polar surface area (TPSA) is 61.6 Å². The lowest BCUT2D eigenvalue weighted by molar-refractivity contribution is 0.703. The van der Waals surface area contributed by atoms with Gasteiger partial charge in [-0.1, -0.05) is 41.9 Å². The molecule has 22 heavy (non-hydrogen) atoms. The van der Waals surface area contributed by atoms with Gasteiger partial charge in [0.15, 0.2) is 0 Å². The fourth-order valence-electron chi connectivity index (χ4n) is 2.43. The second kappa shape index (κ2) is 6.76. The summed E-state index contributed by atoms with van der Waals surface area (Å²) < 4.78 is 0. The van der Waals surface area contributed by atoms with Crippen molar-refractivity contribution in [2.75, 3.05) is 5.32 Å². The average Bonchev–Trinajstić information content (AvgIpc) is 3.36. The van der Waals surface area contributed by atoms with Gasteiger partial charge in [-0.3, -0.25) is 0 Å². The van der Waals surface area contributed by atoms with Crippen molar-refractivity contribution in [2.24, 2.45) is 0 Å². The van der Waals surface area contributed by atoms with Gasteiger partial charge in [0.05, 0.1) is 12.1 Å². The highest BCUT2D eigenvalue weighted by atomic mass is 35.5. The van der Waals surface area contributed by atoms with Crippen LogP contribution in [-0.4, -0.2) is 9.97 Å². The number of nitrogens with zero attached hydrogens (tertiary/aromatic N) is 3. The smallest absolute Gasteiger partial charge is 0.135 e. The van der Waals surface area contributed by atoms with Crippen LogP contribution >= 0.6 is 11.6 Å². The molecule has 1 fully saturated rings. The van der Waals surface area contributed by atoms with Gasteiger partial charge in [-0.15, -0.1) is 0 Å². The highest BCUT2D eigenvalue weighted by Gasteiger charge is 2.27. The lowest BCUT2D eigenvalue weighted by Crippen LogP contribution is -2.12. The van der Waals surface area contributed by atoms with E-state index < -0.39 is 0 Å². The van der Waals surface area contributed by atoms with Crippen molar-refractivity contribution in [1.29, 1.82) is 5.26 Å². The van der Waals surface area contributed by atoms with E-state index in [4.69, 9.17) is 16.9 Å². The number of rotatable bonds is 6. The second-order valence-electron chi connectivity index (χ2n) is 5.51. The summed E-state index contributed by atoms with van der Waals surface area (Å²) in [6.07, 6.45) is 3.48. The van der Waals surface area contributed by atoms with E-state index in [0.717, 1.165) is 36.5 Å². The minimum absolute atomic E-state index is 0.0406. The molecule has 1 aromatic carbocycles. The molecule has 0 amide bonds. The van der Waals surface area contributed by atoms with E-state index in [1.54, 1.807) is 6.07 Å². The molecule has 1 atom stereocenters. The molecule has 0 bridgehead atoms. The predicted octanol–water partition coefficient (Wildman–Crippen LogP) is 4.46. The summed E-state index contributed by atoms with van der Waals surface area (Å²) in [4.78, 5) is 8.88. The van der Waals surface area contributed by atoms with Crippen LogP contribution in [0, 0.1) is 11.3 Å². The molecule has 5 heteroatoms. The molecule has 2 aromatic rings. The summed E-state index contributed by atoms with van der Waals surface area (Å²) in [5.41, 5.74) is 1.14. The maximum absolute atomic E-state index is 8.87. The van der Waals surface area contributed by atoms with Crippen molar-refractivity contribution in [3.05, 3.63) is 52.9 Å². The zero-order chi connectivity index (χ0) is 15.4. The Balaban J connectivity index is 1.82.